The zero-order valence-corrected chi connectivity index (χ0v) is 11.3. The second-order valence-corrected chi connectivity index (χ2v) is 5.73. The molecule has 0 bridgehead atoms. The number of hydrogen-bond acceptors (Lipinski definition) is 3. The van der Waals surface area contributed by atoms with Crippen molar-refractivity contribution in [3.8, 4) is 5.75 Å². The largest absolute Gasteiger partial charge is 0.487 e. The quantitative estimate of drug-likeness (QED) is 0.773. The van der Waals surface area contributed by atoms with E-state index in [9.17, 15) is 4.79 Å². The molecule has 5 heteroatoms. The van der Waals surface area contributed by atoms with Gasteiger partial charge in [0, 0.05) is 19.0 Å². The molecule has 1 unspecified atom stereocenters. The third kappa shape index (κ3) is 1.47. The number of benzene rings is 1. The lowest BCUT2D eigenvalue weighted by Gasteiger charge is -2.46. The minimum absolute atomic E-state index is 0.301. The summed E-state index contributed by atoms with van der Waals surface area (Å²) in [4.78, 5) is 17.5. The summed E-state index contributed by atoms with van der Waals surface area (Å²) in [5, 5.41) is 0. The summed E-state index contributed by atoms with van der Waals surface area (Å²) in [7, 11) is 1.74. The first-order valence-electron chi connectivity index (χ1n) is 6.28. The molecule has 1 atom stereocenters. The van der Waals surface area contributed by atoms with Crippen molar-refractivity contribution in [3.63, 3.8) is 0 Å². The van der Waals surface area contributed by atoms with Gasteiger partial charge in [-0.05, 0) is 19.9 Å². The van der Waals surface area contributed by atoms with Crippen LogP contribution in [0.1, 0.15) is 25.8 Å². The van der Waals surface area contributed by atoms with E-state index >= 15 is 0 Å². The average Bonchev–Trinajstić information content (AvgIpc) is 2.53. The van der Waals surface area contributed by atoms with Gasteiger partial charge in [0.1, 0.15) is 22.7 Å². The number of fused-ring (bicyclic) bond motifs is 2. The molecule has 1 spiro atoms. The molecular formula is C14H17N3O2. The number of amidine groups is 1. The lowest BCUT2D eigenvalue weighted by Crippen LogP contribution is -2.57. The highest BCUT2D eigenvalue weighted by Gasteiger charge is 2.55. The summed E-state index contributed by atoms with van der Waals surface area (Å²) in [6.45, 7) is 3.99. The smallest absolute Gasteiger partial charge is 0.346 e. The summed E-state index contributed by atoms with van der Waals surface area (Å²) >= 11 is 0. The lowest BCUT2D eigenvalue weighted by molar-refractivity contribution is 0.0298. The van der Waals surface area contributed by atoms with Crippen molar-refractivity contribution >= 4 is 11.9 Å². The average molecular weight is 259 g/mol. The number of para-hydroxylation sites is 1. The number of nitrogens with zero attached hydrogens (tertiary/aromatic N) is 2. The fourth-order valence-electron chi connectivity index (χ4n) is 3.08. The Balaban J connectivity index is 2.27. The molecule has 1 aromatic rings. The molecule has 3 rings (SSSR count). The number of amides is 2. The van der Waals surface area contributed by atoms with Gasteiger partial charge >= 0.3 is 6.03 Å². The zero-order chi connectivity index (χ0) is 13.8. The number of urea groups is 1. The van der Waals surface area contributed by atoms with E-state index in [1.54, 1.807) is 11.9 Å². The van der Waals surface area contributed by atoms with Crippen molar-refractivity contribution in [2.75, 3.05) is 7.05 Å². The van der Waals surface area contributed by atoms with E-state index < -0.39 is 11.1 Å². The van der Waals surface area contributed by atoms with Gasteiger partial charge in [-0.25, -0.2) is 4.79 Å². The molecule has 2 amide bonds. The first-order chi connectivity index (χ1) is 8.87. The van der Waals surface area contributed by atoms with Crippen LogP contribution < -0.4 is 10.5 Å². The Labute approximate surface area is 112 Å². The molecule has 0 aromatic heterocycles. The maximum absolute atomic E-state index is 11.9. The Bertz CT molecular complexity index is 594. The van der Waals surface area contributed by atoms with Crippen LogP contribution in [0.25, 0.3) is 0 Å². The van der Waals surface area contributed by atoms with E-state index in [1.807, 2.05) is 38.1 Å². The number of likely N-dealkylation sites (N-methyl/N-ethyl adjacent to an activating group) is 1. The molecule has 0 radical (unpaired) electrons. The van der Waals surface area contributed by atoms with Crippen LogP contribution in [0.3, 0.4) is 0 Å². The minimum Gasteiger partial charge on any atom is -0.487 e. The standard InChI is InChI=1S/C14H17N3O2/c1-13(2)8-14(11(15)16-12(18)17(14)3)9-6-4-5-7-10(9)19-13/h4-7H,8H2,1-3H3,(H2,15,16,18). The van der Waals surface area contributed by atoms with Gasteiger partial charge in [0.05, 0.1) is 0 Å². The summed E-state index contributed by atoms with van der Waals surface area (Å²) in [6.07, 6.45) is 0.592. The third-order valence-corrected chi connectivity index (χ3v) is 3.90. The van der Waals surface area contributed by atoms with Gasteiger partial charge in [-0.1, -0.05) is 18.2 Å². The SMILES string of the molecule is CN1C(=O)N=C(N)C12CC(C)(C)Oc1ccccc12. The van der Waals surface area contributed by atoms with Crippen LogP contribution in [-0.2, 0) is 5.54 Å². The summed E-state index contributed by atoms with van der Waals surface area (Å²) in [5.74, 6) is 1.11. The summed E-state index contributed by atoms with van der Waals surface area (Å²) in [5.41, 5.74) is 5.91. The van der Waals surface area contributed by atoms with E-state index in [2.05, 4.69) is 4.99 Å². The summed E-state index contributed by atoms with van der Waals surface area (Å²) < 4.78 is 5.99. The molecule has 0 saturated heterocycles. The second kappa shape index (κ2) is 3.50. The van der Waals surface area contributed by atoms with Gasteiger partial charge in [0.25, 0.3) is 0 Å². The highest BCUT2D eigenvalue weighted by molar-refractivity contribution is 6.06. The van der Waals surface area contributed by atoms with E-state index in [-0.39, 0.29) is 6.03 Å². The van der Waals surface area contributed by atoms with E-state index in [0.717, 1.165) is 11.3 Å². The van der Waals surface area contributed by atoms with Gasteiger partial charge in [0.15, 0.2) is 0 Å². The van der Waals surface area contributed by atoms with Gasteiger partial charge in [-0.2, -0.15) is 4.99 Å². The maximum Gasteiger partial charge on any atom is 0.346 e. The first kappa shape index (κ1) is 12.0. The number of ether oxygens (including phenoxy) is 1. The molecule has 2 N–H and O–H groups in total. The Hall–Kier alpha value is -2.04. The topological polar surface area (TPSA) is 67.9 Å². The van der Waals surface area contributed by atoms with Crippen molar-refractivity contribution in [2.24, 2.45) is 10.7 Å². The first-order valence-corrected chi connectivity index (χ1v) is 6.28. The number of carbonyl (C=O) groups is 1. The van der Waals surface area contributed by atoms with Crippen LogP contribution in [0.2, 0.25) is 0 Å². The Kier molecular flexibility index (Phi) is 2.21. The molecule has 2 aliphatic rings. The Morgan fingerprint density at radius 2 is 2.05 bits per heavy atom. The number of aliphatic imine (C=N–C) groups is 1. The molecular weight excluding hydrogens is 242 g/mol. The number of hydrogen-bond donors (Lipinski definition) is 1. The predicted octanol–water partition coefficient (Wildman–Crippen LogP) is 1.87. The maximum atomic E-state index is 11.9. The molecule has 0 saturated carbocycles. The lowest BCUT2D eigenvalue weighted by atomic mass is 9.76. The number of nitrogens with two attached hydrogens (primary N) is 1. The fourth-order valence-corrected chi connectivity index (χ4v) is 3.08. The van der Waals surface area contributed by atoms with Crippen LogP contribution in [-0.4, -0.2) is 29.4 Å². The van der Waals surface area contributed by atoms with E-state index in [0.29, 0.717) is 12.3 Å². The monoisotopic (exact) mass is 259 g/mol. The summed E-state index contributed by atoms with van der Waals surface area (Å²) in [6, 6.07) is 7.39. The molecule has 19 heavy (non-hydrogen) atoms. The normalized spacial score (nSPS) is 28.1. The zero-order valence-electron chi connectivity index (χ0n) is 11.3. The highest BCUT2D eigenvalue weighted by atomic mass is 16.5. The highest BCUT2D eigenvalue weighted by Crippen LogP contribution is 2.48. The molecule has 0 aliphatic carbocycles. The molecule has 5 nitrogen and oxygen atoms in total. The van der Waals surface area contributed by atoms with Crippen LogP contribution >= 0.6 is 0 Å². The molecule has 1 aromatic carbocycles. The molecule has 2 aliphatic heterocycles. The van der Waals surface area contributed by atoms with Crippen molar-refractivity contribution in [1.29, 1.82) is 0 Å². The second-order valence-electron chi connectivity index (χ2n) is 5.73. The van der Waals surface area contributed by atoms with Crippen LogP contribution in [0.15, 0.2) is 29.3 Å². The fraction of sp³-hybridized carbons (Fsp3) is 0.429. The molecule has 2 heterocycles. The van der Waals surface area contributed by atoms with Crippen LogP contribution in [0.4, 0.5) is 4.79 Å². The number of rotatable bonds is 0. The van der Waals surface area contributed by atoms with Gasteiger partial charge in [-0.15, -0.1) is 0 Å². The van der Waals surface area contributed by atoms with Crippen molar-refractivity contribution in [3.05, 3.63) is 29.8 Å². The van der Waals surface area contributed by atoms with Crippen molar-refractivity contribution in [2.45, 2.75) is 31.4 Å². The van der Waals surface area contributed by atoms with Gasteiger partial charge in [-0.3, -0.25) is 0 Å². The Morgan fingerprint density at radius 1 is 1.37 bits per heavy atom. The van der Waals surface area contributed by atoms with Crippen molar-refractivity contribution in [1.82, 2.24) is 4.90 Å². The molecule has 0 fully saturated rings. The van der Waals surface area contributed by atoms with Gasteiger partial charge in [0.2, 0.25) is 0 Å². The third-order valence-electron chi connectivity index (χ3n) is 3.90. The van der Waals surface area contributed by atoms with Crippen LogP contribution in [0.5, 0.6) is 5.75 Å². The molecule has 100 valence electrons. The minimum atomic E-state index is -0.685. The van der Waals surface area contributed by atoms with E-state index in [4.69, 9.17) is 10.5 Å². The van der Waals surface area contributed by atoms with Crippen molar-refractivity contribution < 1.29 is 9.53 Å². The number of carbonyl (C=O) groups excluding carboxylic acids is 1. The van der Waals surface area contributed by atoms with Crippen LogP contribution in [0, 0.1) is 0 Å². The van der Waals surface area contributed by atoms with E-state index in [1.165, 1.54) is 0 Å². The van der Waals surface area contributed by atoms with Gasteiger partial charge < -0.3 is 15.4 Å². The Morgan fingerprint density at radius 3 is 2.68 bits per heavy atom. The predicted molar refractivity (Wildman–Crippen MR) is 72.2 cm³/mol.